The van der Waals surface area contributed by atoms with Crippen molar-refractivity contribution >= 4 is 12.0 Å². The third kappa shape index (κ3) is 3.72. The summed E-state index contributed by atoms with van der Waals surface area (Å²) in [5.41, 5.74) is -0.544. The number of aromatic nitrogens is 1. The molecule has 0 bridgehead atoms. The van der Waals surface area contributed by atoms with Crippen molar-refractivity contribution in [2.24, 2.45) is 0 Å². The second-order valence-corrected chi connectivity index (χ2v) is 2.97. The second kappa shape index (κ2) is 4.78. The van der Waals surface area contributed by atoms with E-state index in [9.17, 15) is 18.0 Å². The summed E-state index contributed by atoms with van der Waals surface area (Å²) in [6, 6.07) is 2.08. The molecule has 0 amide bonds. The third-order valence-electron chi connectivity index (χ3n) is 1.68. The summed E-state index contributed by atoms with van der Waals surface area (Å²) in [6.07, 6.45) is -0.848. The SMILES string of the molecule is O=C(O)CC=Cc1ccc(C(F)(F)F)nc1. The van der Waals surface area contributed by atoms with Gasteiger partial charge in [-0.25, -0.2) is 0 Å². The molecule has 1 N–H and O–H groups in total. The zero-order chi connectivity index (χ0) is 12.2. The van der Waals surface area contributed by atoms with Crippen LogP contribution in [0.3, 0.4) is 0 Å². The summed E-state index contributed by atoms with van der Waals surface area (Å²) >= 11 is 0. The summed E-state index contributed by atoms with van der Waals surface area (Å²) < 4.78 is 36.4. The molecule has 16 heavy (non-hydrogen) atoms. The van der Waals surface area contributed by atoms with Gasteiger partial charge in [-0.05, 0) is 11.6 Å². The Hall–Kier alpha value is -1.85. The molecule has 0 aromatic carbocycles. The van der Waals surface area contributed by atoms with E-state index < -0.39 is 17.8 Å². The highest BCUT2D eigenvalue weighted by Crippen LogP contribution is 2.27. The van der Waals surface area contributed by atoms with Crippen LogP contribution >= 0.6 is 0 Å². The predicted molar refractivity (Wildman–Crippen MR) is 50.5 cm³/mol. The van der Waals surface area contributed by atoms with Gasteiger partial charge >= 0.3 is 12.1 Å². The summed E-state index contributed by atoms with van der Waals surface area (Å²) in [5, 5.41) is 8.33. The molecule has 1 rings (SSSR count). The van der Waals surface area contributed by atoms with Crippen LogP contribution in [0.15, 0.2) is 24.4 Å². The molecule has 0 radical (unpaired) electrons. The number of pyridine rings is 1. The maximum atomic E-state index is 12.1. The van der Waals surface area contributed by atoms with E-state index in [2.05, 4.69) is 4.98 Å². The first-order chi connectivity index (χ1) is 7.39. The molecular formula is C10H8F3NO2. The lowest BCUT2D eigenvalue weighted by Gasteiger charge is -2.04. The minimum atomic E-state index is -4.46. The number of nitrogens with zero attached hydrogens (tertiary/aromatic N) is 1. The van der Waals surface area contributed by atoms with Gasteiger partial charge in [-0.1, -0.05) is 18.2 Å². The van der Waals surface area contributed by atoms with E-state index in [4.69, 9.17) is 5.11 Å². The number of hydrogen-bond donors (Lipinski definition) is 1. The minimum absolute atomic E-state index is 0.180. The van der Waals surface area contributed by atoms with Gasteiger partial charge in [0.25, 0.3) is 0 Å². The predicted octanol–water partition coefficient (Wildman–Crippen LogP) is 2.59. The summed E-state index contributed by atoms with van der Waals surface area (Å²) in [5.74, 6) is -1.00. The van der Waals surface area contributed by atoms with E-state index in [0.717, 1.165) is 12.3 Å². The van der Waals surface area contributed by atoms with Crippen LogP contribution in [-0.2, 0) is 11.0 Å². The Morgan fingerprint density at radius 2 is 2.12 bits per heavy atom. The molecule has 0 spiro atoms. The lowest BCUT2D eigenvalue weighted by molar-refractivity contribution is -0.141. The zero-order valence-corrected chi connectivity index (χ0v) is 8.03. The molecule has 0 saturated heterocycles. The summed E-state index contributed by atoms with van der Waals surface area (Å²) in [4.78, 5) is 13.4. The number of halogens is 3. The topological polar surface area (TPSA) is 50.2 Å². The van der Waals surface area contributed by atoms with E-state index in [1.54, 1.807) is 0 Å². The Morgan fingerprint density at radius 3 is 2.56 bits per heavy atom. The van der Waals surface area contributed by atoms with E-state index >= 15 is 0 Å². The Morgan fingerprint density at radius 1 is 1.44 bits per heavy atom. The number of rotatable bonds is 3. The zero-order valence-electron chi connectivity index (χ0n) is 8.03. The van der Waals surface area contributed by atoms with Crippen molar-refractivity contribution in [1.29, 1.82) is 0 Å². The third-order valence-corrected chi connectivity index (χ3v) is 1.68. The van der Waals surface area contributed by atoms with Gasteiger partial charge in [0.15, 0.2) is 0 Å². The lowest BCUT2D eigenvalue weighted by Crippen LogP contribution is -2.07. The standard InChI is InChI=1S/C10H8F3NO2/c11-10(12,13)8-5-4-7(6-14-8)2-1-3-9(15)16/h1-2,4-6H,3H2,(H,15,16). The highest BCUT2D eigenvalue weighted by atomic mass is 19.4. The van der Waals surface area contributed by atoms with E-state index in [1.807, 2.05) is 0 Å². The maximum absolute atomic E-state index is 12.1. The molecule has 1 heterocycles. The number of aliphatic carboxylic acids is 1. The van der Waals surface area contributed by atoms with Gasteiger partial charge in [-0.2, -0.15) is 13.2 Å². The van der Waals surface area contributed by atoms with Crippen LogP contribution in [0.25, 0.3) is 6.08 Å². The van der Waals surface area contributed by atoms with Gasteiger partial charge in [0, 0.05) is 6.20 Å². The van der Waals surface area contributed by atoms with Crippen molar-refractivity contribution in [3.8, 4) is 0 Å². The van der Waals surface area contributed by atoms with Gasteiger partial charge in [-0.15, -0.1) is 0 Å². The molecule has 0 unspecified atom stereocenters. The van der Waals surface area contributed by atoms with Crippen LogP contribution < -0.4 is 0 Å². The molecule has 0 aliphatic rings. The minimum Gasteiger partial charge on any atom is -0.481 e. The Labute approximate surface area is 89.2 Å². The van der Waals surface area contributed by atoms with Gasteiger partial charge in [0.1, 0.15) is 5.69 Å². The molecule has 0 saturated carbocycles. The van der Waals surface area contributed by atoms with Crippen molar-refractivity contribution in [2.75, 3.05) is 0 Å². The fraction of sp³-hybridized carbons (Fsp3) is 0.200. The molecule has 0 atom stereocenters. The second-order valence-electron chi connectivity index (χ2n) is 2.97. The molecule has 86 valence electrons. The Balaban J connectivity index is 2.72. The van der Waals surface area contributed by atoms with Crippen LogP contribution in [0.4, 0.5) is 13.2 Å². The molecule has 3 nitrogen and oxygen atoms in total. The summed E-state index contributed by atoms with van der Waals surface area (Å²) in [6.45, 7) is 0. The molecule has 0 aliphatic heterocycles. The normalized spacial score (nSPS) is 11.9. The van der Waals surface area contributed by atoms with Crippen LogP contribution in [0.1, 0.15) is 17.7 Å². The van der Waals surface area contributed by atoms with Gasteiger partial charge in [-0.3, -0.25) is 9.78 Å². The first kappa shape index (κ1) is 12.2. The fourth-order valence-electron chi connectivity index (χ4n) is 0.967. The smallest absolute Gasteiger partial charge is 0.433 e. The van der Waals surface area contributed by atoms with E-state index in [0.29, 0.717) is 5.56 Å². The fourth-order valence-corrected chi connectivity index (χ4v) is 0.967. The highest BCUT2D eigenvalue weighted by molar-refractivity contribution is 5.70. The van der Waals surface area contributed by atoms with Crippen molar-refractivity contribution < 1.29 is 23.1 Å². The van der Waals surface area contributed by atoms with Crippen LogP contribution in [0.5, 0.6) is 0 Å². The number of alkyl halides is 3. The van der Waals surface area contributed by atoms with Gasteiger partial charge in [0.05, 0.1) is 6.42 Å². The molecule has 1 aromatic heterocycles. The van der Waals surface area contributed by atoms with Crippen LogP contribution in [0, 0.1) is 0 Å². The van der Waals surface area contributed by atoms with Crippen molar-refractivity contribution in [3.63, 3.8) is 0 Å². The van der Waals surface area contributed by atoms with Gasteiger partial charge in [0.2, 0.25) is 0 Å². The maximum Gasteiger partial charge on any atom is 0.433 e. The largest absolute Gasteiger partial charge is 0.481 e. The molecular weight excluding hydrogens is 223 g/mol. The highest BCUT2D eigenvalue weighted by Gasteiger charge is 2.31. The van der Waals surface area contributed by atoms with Crippen LogP contribution in [-0.4, -0.2) is 16.1 Å². The number of carboxylic acid groups (broad SMARTS) is 1. The van der Waals surface area contributed by atoms with Crippen LogP contribution in [0.2, 0.25) is 0 Å². The van der Waals surface area contributed by atoms with Crippen molar-refractivity contribution in [3.05, 3.63) is 35.7 Å². The van der Waals surface area contributed by atoms with Crippen molar-refractivity contribution in [1.82, 2.24) is 4.98 Å². The Kier molecular flexibility index (Phi) is 3.65. The number of carbonyl (C=O) groups is 1. The average molecular weight is 231 g/mol. The Bertz CT molecular complexity index is 396. The number of carboxylic acids is 1. The monoisotopic (exact) mass is 231 g/mol. The molecule has 1 aromatic rings. The first-order valence-electron chi connectivity index (χ1n) is 4.31. The number of hydrogen-bond acceptors (Lipinski definition) is 2. The molecule has 6 heteroatoms. The first-order valence-corrected chi connectivity index (χ1v) is 4.31. The summed E-state index contributed by atoms with van der Waals surface area (Å²) in [7, 11) is 0. The average Bonchev–Trinajstić information content (AvgIpc) is 2.16. The molecule has 0 fully saturated rings. The lowest BCUT2D eigenvalue weighted by atomic mass is 10.2. The van der Waals surface area contributed by atoms with Crippen molar-refractivity contribution in [2.45, 2.75) is 12.6 Å². The quantitative estimate of drug-likeness (QED) is 0.869. The van der Waals surface area contributed by atoms with E-state index in [1.165, 1.54) is 18.2 Å². The van der Waals surface area contributed by atoms with E-state index in [-0.39, 0.29) is 6.42 Å². The van der Waals surface area contributed by atoms with Gasteiger partial charge < -0.3 is 5.11 Å². The molecule has 0 aliphatic carbocycles.